The van der Waals surface area contributed by atoms with Crippen LogP contribution in [-0.2, 0) is 27.8 Å². The first-order valence-electron chi connectivity index (χ1n) is 6.90. The van der Waals surface area contributed by atoms with E-state index in [1.807, 2.05) is 50.2 Å². The maximum absolute atomic E-state index is 5.69. The molecule has 2 aromatic heterocycles. The molecule has 7 heteroatoms. The van der Waals surface area contributed by atoms with Gasteiger partial charge in [0, 0.05) is 30.4 Å². The van der Waals surface area contributed by atoms with Crippen LogP contribution in [0.4, 0.5) is 0 Å². The Morgan fingerprint density at radius 1 is 0.957 bits per heavy atom. The van der Waals surface area contributed by atoms with Crippen LogP contribution in [0.25, 0.3) is 0 Å². The third-order valence-corrected chi connectivity index (χ3v) is 3.19. The molecule has 2 aromatic rings. The van der Waals surface area contributed by atoms with Crippen LogP contribution >= 0.6 is 0 Å². The quantitative estimate of drug-likeness (QED) is 0.511. The van der Waals surface area contributed by atoms with Crippen LogP contribution in [0, 0.1) is 13.8 Å². The van der Waals surface area contributed by atoms with E-state index in [2.05, 4.69) is 26.0 Å². The Hall–Kier alpha value is -0.681. The maximum atomic E-state index is 5.69. The van der Waals surface area contributed by atoms with Crippen molar-refractivity contribution in [2.24, 2.45) is 11.5 Å². The molecule has 23 heavy (non-hydrogen) atoms. The first kappa shape index (κ1) is 24.6. The summed E-state index contributed by atoms with van der Waals surface area (Å²) in [5, 5.41) is 0.779. The van der Waals surface area contributed by atoms with E-state index < -0.39 is 0 Å². The van der Waals surface area contributed by atoms with Crippen molar-refractivity contribution >= 4 is 0 Å². The van der Waals surface area contributed by atoms with Crippen molar-refractivity contribution in [3.8, 4) is 0 Å². The van der Waals surface area contributed by atoms with Crippen LogP contribution < -0.4 is 36.3 Å². The normalized spacial score (nSPS) is 10.4. The van der Waals surface area contributed by atoms with Gasteiger partial charge in [0.1, 0.15) is 0 Å². The van der Waals surface area contributed by atoms with Crippen LogP contribution in [0.2, 0.25) is 0 Å². The number of aromatic nitrogens is 2. The van der Waals surface area contributed by atoms with Crippen molar-refractivity contribution in [1.29, 1.82) is 0 Å². The molecule has 1 atom stereocenters. The molecule has 1 unspecified atom stereocenters. The van der Waals surface area contributed by atoms with Gasteiger partial charge in [0.25, 0.3) is 0 Å². The van der Waals surface area contributed by atoms with Gasteiger partial charge < -0.3 is 36.3 Å². The Kier molecular flexibility index (Phi) is 14.7. The maximum Gasteiger partial charge on any atom is -1.00 e. The molecular formula is C16H23Cl2FeN4. The minimum Gasteiger partial charge on any atom is -1.00 e. The summed E-state index contributed by atoms with van der Waals surface area (Å²) in [6, 6.07) is 11.9. The molecule has 0 saturated heterocycles. The molecule has 0 spiro atoms. The fraction of sp³-hybridized carbons (Fsp3) is 0.375. The summed E-state index contributed by atoms with van der Waals surface area (Å²) in [6.07, 6.45) is 0.762. The SMILES string of the molecule is Cc1cccc(CC(N)CN)n1.Cc1cccc([CH2][Fe+2])n1.[Cl-].[Cl-]. The fourth-order valence-electron chi connectivity index (χ4n) is 1.73. The van der Waals surface area contributed by atoms with Gasteiger partial charge in [-0.05, 0) is 19.1 Å². The van der Waals surface area contributed by atoms with Gasteiger partial charge >= 0.3 is 62.8 Å². The first-order valence-corrected chi connectivity index (χ1v) is 7.68. The Bertz CT molecular complexity index is 555. The van der Waals surface area contributed by atoms with Gasteiger partial charge in [-0.2, -0.15) is 0 Å². The second-order valence-corrected chi connectivity index (χ2v) is 5.26. The van der Waals surface area contributed by atoms with Gasteiger partial charge in [-0.25, -0.2) is 0 Å². The molecular weight excluding hydrogens is 375 g/mol. The predicted octanol–water partition coefficient (Wildman–Crippen LogP) is -4.34. The summed E-state index contributed by atoms with van der Waals surface area (Å²) in [4.78, 5) is 8.55. The molecule has 0 aromatic carbocycles. The Morgan fingerprint density at radius 3 is 1.83 bits per heavy atom. The summed E-state index contributed by atoms with van der Waals surface area (Å²) in [6.45, 7) is 4.46. The number of hydrogen-bond acceptors (Lipinski definition) is 4. The molecule has 0 aliphatic rings. The van der Waals surface area contributed by atoms with Gasteiger partial charge in [-0.3, -0.25) is 4.98 Å². The molecule has 0 amide bonds. The third-order valence-electron chi connectivity index (χ3n) is 2.79. The van der Waals surface area contributed by atoms with Crippen molar-refractivity contribution < 1.29 is 40.8 Å². The molecule has 0 saturated carbocycles. The molecule has 4 nitrogen and oxygen atoms in total. The molecule has 2 heterocycles. The van der Waals surface area contributed by atoms with Gasteiger partial charge in [0.15, 0.2) is 0 Å². The summed E-state index contributed by atoms with van der Waals surface area (Å²) < 4.78 is 0. The third kappa shape index (κ3) is 10.7. The van der Waals surface area contributed by atoms with Crippen LogP contribution in [0.3, 0.4) is 0 Å². The molecule has 129 valence electrons. The number of aryl methyl sites for hydroxylation is 2. The van der Waals surface area contributed by atoms with Crippen molar-refractivity contribution in [1.82, 2.24) is 9.97 Å². The number of hydrogen-bond donors (Lipinski definition) is 2. The minimum atomic E-state index is 0. The number of pyridine rings is 2. The van der Waals surface area contributed by atoms with Gasteiger partial charge in [0.2, 0.25) is 0 Å². The van der Waals surface area contributed by atoms with Crippen molar-refractivity contribution in [3.05, 3.63) is 59.2 Å². The average molecular weight is 398 g/mol. The summed E-state index contributed by atoms with van der Waals surface area (Å²) in [5.74, 6) is 0. The van der Waals surface area contributed by atoms with E-state index >= 15 is 0 Å². The number of nitrogens with two attached hydrogens (primary N) is 2. The topological polar surface area (TPSA) is 77.8 Å². The Morgan fingerprint density at radius 2 is 1.43 bits per heavy atom. The van der Waals surface area contributed by atoms with Gasteiger partial charge in [-0.15, -0.1) is 0 Å². The van der Waals surface area contributed by atoms with Crippen molar-refractivity contribution in [2.45, 2.75) is 31.6 Å². The summed E-state index contributed by atoms with van der Waals surface area (Å²) >= 11 is 3.73. The van der Waals surface area contributed by atoms with Crippen LogP contribution in [0.15, 0.2) is 36.4 Å². The monoisotopic (exact) mass is 397 g/mol. The van der Waals surface area contributed by atoms with Crippen LogP contribution in [-0.4, -0.2) is 22.6 Å². The van der Waals surface area contributed by atoms with E-state index in [9.17, 15) is 0 Å². The second kappa shape index (κ2) is 13.7. The number of nitrogens with zero attached hydrogens (tertiary/aromatic N) is 2. The van der Waals surface area contributed by atoms with E-state index in [4.69, 9.17) is 11.5 Å². The molecule has 0 aliphatic heterocycles. The van der Waals surface area contributed by atoms with Gasteiger partial charge in [0.05, 0.1) is 0 Å². The van der Waals surface area contributed by atoms with E-state index in [-0.39, 0.29) is 30.9 Å². The van der Waals surface area contributed by atoms with Crippen molar-refractivity contribution in [3.63, 3.8) is 0 Å². The standard InChI is InChI=1S/C9H15N3.C7H8N.2ClH.Fe/c1-7-3-2-4-9(12-7)5-8(11)6-10;1-6-4-3-5-7(2)8-6;;;/h2-4,8H,5-6,10-11H2,1H3;3-5H,1H2,2H3;2*1H;/q;;;;+2/p-2. The molecule has 0 bridgehead atoms. The van der Waals surface area contributed by atoms with E-state index in [0.29, 0.717) is 6.54 Å². The summed E-state index contributed by atoms with van der Waals surface area (Å²) in [5.41, 5.74) is 15.3. The molecule has 0 aliphatic carbocycles. The van der Waals surface area contributed by atoms with Crippen molar-refractivity contribution in [2.75, 3.05) is 6.54 Å². The number of rotatable bonds is 4. The number of halogens is 2. The zero-order chi connectivity index (χ0) is 15.7. The Labute approximate surface area is 159 Å². The fourth-order valence-corrected chi connectivity index (χ4v) is 1.95. The van der Waals surface area contributed by atoms with E-state index in [1.54, 1.807) is 0 Å². The van der Waals surface area contributed by atoms with Crippen LogP contribution in [0.5, 0.6) is 0 Å². The molecule has 0 fully saturated rings. The Balaban J connectivity index is 0. The largest absolute Gasteiger partial charge is 1.00 e. The second-order valence-electron chi connectivity index (χ2n) is 4.87. The zero-order valence-electron chi connectivity index (χ0n) is 13.3. The summed E-state index contributed by atoms with van der Waals surface area (Å²) in [7, 11) is 0. The average Bonchev–Trinajstić information content (AvgIpc) is 2.47. The molecule has 4 N–H and O–H groups in total. The molecule has 2 rings (SSSR count). The molecule has 0 radical (unpaired) electrons. The zero-order valence-corrected chi connectivity index (χ0v) is 15.9. The predicted molar refractivity (Wildman–Crippen MR) is 82.4 cm³/mol. The smallest absolute Gasteiger partial charge is 1.00 e. The minimum absolute atomic E-state index is 0. The van der Waals surface area contributed by atoms with Gasteiger partial charge in [-0.1, -0.05) is 6.07 Å². The van der Waals surface area contributed by atoms with E-state index in [1.165, 1.54) is 0 Å². The van der Waals surface area contributed by atoms with Crippen LogP contribution in [0.1, 0.15) is 22.8 Å². The first-order chi connectivity index (χ1) is 10.0. The van der Waals surface area contributed by atoms with E-state index in [0.717, 1.165) is 34.5 Å².